The van der Waals surface area contributed by atoms with E-state index < -0.39 is 18.0 Å². The molecular formula is C22H27FN2O5. The highest BCUT2D eigenvalue weighted by Gasteiger charge is 2.20. The van der Waals surface area contributed by atoms with Gasteiger partial charge in [-0.3, -0.25) is 0 Å². The van der Waals surface area contributed by atoms with Crippen LogP contribution in [0.2, 0.25) is 0 Å². The molecule has 1 saturated carbocycles. The number of halogens is 1. The largest absolute Gasteiger partial charge is 0.497 e. The standard InChI is InChI=1S/C22H27FN2O5/c1-28-16-8-10-20(29-2)17(12-16)19(26)13-24-22(27)25-18-9-7-14(23)11-21(18)30-15-5-3-4-6-15/h7-12,15,19,26H,3-6,13H2,1-2H3,(H2,24,25,27). The summed E-state index contributed by atoms with van der Waals surface area (Å²) in [6, 6.07) is 8.49. The van der Waals surface area contributed by atoms with Gasteiger partial charge in [0, 0.05) is 18.2 Å². The number of ether oxygens (including phenoxy) is 3. The first-order valence-electron chi connectivity index (χ1n) is 9.91. The van der Waals surface area contributed by atoms with Crippen molar-refractivity contribution in [3.8, 4) is 17.2 Å². The molecule has 0 radical (unpaired) electrons. The fourth-order valence-corrected chi connectivity index (χ4v) is 3.45. The second-order valence-corrected chi connectivity index (χ2v) is 7.12. The number of anilines is 1. The van der Waals surface area contributed by atoms with Crippen LogP contribution in [0.5, 0.6) is 17.2 Å². The van der Waals surface area contributed by atoms with Crippen molar-refractivity contribution in [2.24, 2.45) is 0 Å². The van der Waals surface area contributed by atoms with E-state index in [2.05, 4.69) is 10.6 Å². The summed E-state index contributed by atoms with van der Waals surface area (Å²) in [6.07, 6.45) is 3.00. The number of hydrogen-bond acceptors (Lipinski definition) is 5. The zero-order valence-electron chi connectivity index (χ0n) is 17.1. The molecule has 0 aromatic heterocycles. The van der Waals surface area contributed by atoms with Crippen molar-refractivity contribution in [2.45, 2.75) is 37.9 Å². The van der Waals surface area contributed by atoms with Crippen molar-refractivity contribution < 1.29 is 28.5 Å². The van der Waals surface area contributed by atoms with E-state index in [0.29, 0.717) is 28.5 Å². The van der Waals surface area contributed by atoms with Crippen molar-refractivity contribution in [1.82, 2.24) is 5.32 Å². The summed E-state index contributed by atoms with van der Waals surface area (Å²) in [6.45, 7) is -0.0601. The Labute approximate surface area is 175 Å². The van der Waals surface area contributed by atoms with E-state index in [1.165, 1.54) is 32.4 Å². The maximum Gasteiger partial charge on any atom is 0.319 e. The SMILES string of the molecule is COc1ccc(OC)c(C(O)CNC(=O)Nc2ccc(F)cc2OC2CCCC2)c1. The van der Waals surface area contributed by atoms with Crippen LogP contribution in [-0.4, -0.2) is 38.0 Å². The topological polar surface area (TPSA) is 89.0 Å². The Bertz CT molecular complexity index is 871. The van der Waals surface area contributed by atoms with Gasteiger partial charge in [-0.15, -0.1) is 0 Å². The summed E-state index contributed by atoms with van der Waals surface area (Å²) < 4.78 is 30.0. The van der Waals surface area contributed by atoms with Crippen molar-refractivity contribution in [3.05, 3.63) is 47.8 Å². The molecule has 2 aromatic rings. The number of amides is 2. The van der Waals surface area contributed by atoms with E-state index in [1.807, 2.05) is 0 Å². The van der Waals surface area contributed by atoms with E-state index in [9.17, 15) is 14.3 Å². The van der Waals surface area contributed by atoms with Crippen LogP contribution in [0.1, 0.15) is 37.4 Å². The molecule has 30 heavy (non-hydrogen) atoms. The molecule has 2 amide bonds. The number of nitrogens with one attached hydrogen (secondary N) is 2. The molecule has 1 atom stereocenters. The number of aliphatic hydroxyl groups is 1. The third kappa shape index (κ3) is 5.54. The fourth-order valence-electron chi connectivity index (χ4n) is 3.45. The van der Waals surface area contributed by atoms with Crippen molar-refractivity contribution in [3.63, 3.8) is 0 Å². The lowest BCUT2D eigenvalue weighted by Crippen LogP contribution is -2.32. The van der Waals surface area contributed by atoms with Crippen LogP contribution >= 0.6 is 0 Å². The summed E-state index contributed by atoms with van der Waals surface area (Å²) in [5.41, 5.74) is 0.860. The van der Waals surface area contributed by atoms with Gasteiger partial charge in [-0.1, -0.05) is 0 Å². The molecule has 162 valence electrons. The molecule has 0 aliphatic heterocycles. The minimum absolute atomic E-state index is 0.0257. The Morgan fingerprint density at radius 2 is 1.90 bits per heavy atom. The predicted octanol–water partition coefficient (Wildman–Crippen LogP) is 4.02. The average Bonchev–Trinajstić information content (AvgIpc) is 3.26. The smallest absolute Gasteiger partial charge is 0.319 e. The number of rotatable bonds is 8. The van der Waals surface area contributed by atoms with Gasteiger partial charge in [0.05, 0.1) is 26.0 Å². The summed E-state index contributed by atoms with van der Waals surface area (Å²) in [5, 5.41) is 15.8. The quantitative estimate of drug-likeness (QED) is 0.603. The Kier molecular flexibility index (Phi) is 7.35. The van der Waals surface area contributed by atoms with Gasteiger partial charge in [0.1, 0.15) is 29.2 Å². The molecule has 0 spiro atoms. The van der Waals surface area contributed by atoms with Gasteiger partial charge in [0.15, 0.2) is 0 Å². The number of methoxy groups -OCH3 is 2. The lowest BCUT2D eigenvalue weighted by Gasteiger charge is -2.19. The summed E-state index contributed by atoms with van der Waals surface area (Å²) in [4.78, 5) is 12.4. The maximum absolute atomic E-state index is 13.7. The van der Waals surface area contributed by atoms with Crippen LogP contribution < -0.4 is 24.8 Å². The Morgan fingerprint density at radius 1 is 1.13 bits per heavy atom. The Balaban J connectivity index is 1.62. The van der Waals surface area contributed by atoms with Crippen LogP contribution in [-0.2, 0) is 0 Å². The molecular weight excluding hydrogens is 391 g/mol. The summed E-state index contributed by atoms with van der Waals surface area (Å²) >= 11 is 0. The molecule has 1 aliphatic rings. The Hall–Kier alpha value is -3.00. The molecule has 1 aliphatic carbocycles. The molecule has 0 saturated heterocycles. The molecule has 3 rings (SSSR count). The lowest BCUT2D eigenvalue weighted by atomic mass is 10.1. The first-order valence-corrected chi connectivity index (χ1v) is 9.91. The number of aliphatic hydroxyl groups excluding tert-OH is 1. The zero-order chi connectivity index (χ0) is 21.5. The van der Waals surface area contributed by atoms with Crippen molar-refractivity contribution >= 4 is 11.7 Å². The molecule has 7 nitrogen and oxygen atoms in total. The molecule has 1 fully saturated rings. The van der Waals surface area contributed by atoms with E-state index in [4.69, 9.17) is 14.2 Å². The predicted molar refractivity (Wildman–Crippen MR) is 111 cm³/mol. The molecule has 8 heteroatoms. The normalized spacial score (nSPS) is 14.8. The van der Waals surface area contributed by atoms with Crippen LogP contribution in [0.4, 0.5) is 14.9 Å². The third-order valence-corrected chi connectivity index (χ3v) is 5.04. The van der Waals surface area contributed by atoms with E-state index in [1.54, 1.807) is 18.2 Å². The highest BCUT2D eigenvalue weighted by molar-refractivity contribution is 5.90. The maximum atomic E-state index is 13.7. The molecule has 3 N–H and O–H groups in total. The van der Waals surface area contributed by atoms with Crippen LogP contribution in [0, 0.1) is 5.82 Å². The van der Waals surface area contributed by atoms with Gasteiger partial charge in [-0.25, -0.2) is 9.18 Å². The minimum atomic E-state index is -1.01. The molecule has 2 aromatic carbocycles. The van der Waals surface area contributed by atoms with E-state index in [0.717, 1.165) is 25.7 Å². The number of carbonyl (C=O) groups excluding carboxylic acids is 1. The van der Waals surface area contributed by atoms with E-state index in [-0.39, 0.29) is 12.6 Å². The molecule has 0 heterocycles. The van der Waals surface area contributed by atoms with Crippen LogP contribution in [0.25, 0.3) is 0 Å². The number of benzene rings is 2. The van der Waals surface area contributed by atoms with Gasteiger partial charge < -0.3 is 30.0 Å². The van der Waals surface area contributed by atoms with Crippen LogP contribution in [0.15, 0.2) is 36.4 Å². The monoisotopic (exact) mass is 418 g/mol. The first-order chi connectivity index (χ1) is 14.5. The highest BCUT2D eigenvalue weighted by atomic mass is 19.1. The Morgan fingerprint density at radius 3 is 2.60 bits per heavy atom. The van der Waals surface area contributed by atoms with Gasteiger partial charge in [-0.2, -0.15) is 0 Å². The average molecular weight is 418 g/mol. The first kappa shape index (κ1) is 21.7. The second kappa shape index (κ2) is 10.2. The lowest BCUT2D eigenvalue weighted by molar-refractivity contribution is 0.170. The summed E-state index contributed by atoms with van der Waals surface area (Å²) in [5.74, 6) is 0.909. The number of urea groups is 1. The highest BCUT2D eigenvalue weighted by Crippen LogP contribution is 2.31. The minimum Gasteiger partial charge on any atom is -0.497 e. The van der Waals surface area contributed by atoms with Gasteiger partial charge in [-0.05, 0) is 56.0 Å². The van der Waals surface area contributed by atoms with Gasteiger partial charge in [0.2, 0.25) is 0 Å². The van der Waals surface area contributed by atoms with Crippen molar-refractivity contribution in [1.29, 1.82) is 0 Å². The zero-order valence-corrected chi connectivity index (χ0v) is 17.1. The van der Waals surface area contributed by atoms with Gasteiger partial charge in [0.25, 0.3) is 0 Å². The van der Waals surface area contributed by atoms with E-state index >= 15 is 0 Å². The van der Waals surface area contributed by atoms with Crippen LogP contribution in [0.3, 0.4) is 0 Å². The number of hydrogen-bond donors (Lipinski definition) is 3. The second-order valence-electron chi connectivity index (χ2n) is 7.12. The summed E-state index contributed by atoms with van der Waals surface area (Å²) in [7, 11) is 3.02. The molecule has 0 bridgehead atoms. The number of carbonyl (C=O) groups is 1. The van der Waals surface area contributed by atoms with Crippen molar-refractivity contribution in [2.75, 3.05) is 26.1 Å². The third-order valence-electron chi connectivity index (χ3n) is 5.04. The molecule has 1 unspecified atom stereocenters. The fraction of sp³-hybridized carbons (Fsp3) is 0.409. The van der Waals surface area contributed by atoms with Gasteiger partial charge >= 0.3 is 6.03 Å².